The standard InChI is InChI=1S/C17H18N2S/c1-11-4-9-15-14(10-11)19-16(20-15)17(2,3)12-5-7-13(18)8-6-12/h4-10H,18H2,1-3H3. The Balaban J connectivity index is 2.10. The summed E-state index contributed by atoms with van der Waals surface area (Å²) in [7, 11) is 0. The number of nitrogens with two attached hydrogens (primary N) is 1. The number of benzene rings is 2. The minimum absolute atomic E-state index is 0.106. The summed E-state index contributed by atoms with van der Waals surface area (Å²) in [6.07, 6.45) is 0. The maximum atomic E-state index is 5.77. The Morgan fingerprint density at radius 3 is 2.45 bits per heavy atom. The maximum Gasteiger partial charge on any atom is 0.104 e. The molecule has 0 fully saturated rings. The van der Waals surface area contributed by atoms with Crippen LogP contribution >= 0.6 is 11.3 Å². The monoisotopic (exact) mass is 282 g/mol. The van der Waals surface area contributed by atoms with Crippen LogP contribution in [0.3, 0.4) is 0 Å². The number of anilines is 1. The van der Waals surface area contributed by atoms with E-state index >= 15 is 0 Å². The van der Waals surface area contributed by atoms with E-state index in [4.69, 9.17) is 10.7 Å². The largest absolute Gasteiger partial charge is 0.399 e. The summed E-state index contributed by atoms with van der Waals surface area (Å²) >= 11 is 1.77. The van der Waals surface area contributed by atoms with E-state index in [2.05, 4.69) is 51.1 Å². The van der Waals surface area contributed by atoms with E-state index in [1.807, 2.05) is 12.1 Å². The number of hydrogen-bond acceptors (Lipinski definition) is 3. The summed E-state index contributed by atoms with van der Waals surface area (Å²) in [4.78, 5) is 4.83. The molecule has 0 spiro atoms. The Labute approximate surface area is 123 Å². The third-order valence-electron chi connectivity index (χ3n) is 3.71. The van der Waals surface area contributed by atoms with Gasteiger partial charge < -0.3 is 5.73 Å². The van der Waals surface area contributed by atoms with Gasteiger partial charge in [-0.05, 0) is 56.2 Å². The van der Waals surface area contributed by atoms with Crippen LogP contribution in [0.1, 0.15) is 30.0 Å². The smallest absolute Gasteiger partial charge is 0.104 e. The highest BCUT2D eigenvalue weighted by Crippen LogP contribution is 2.36. The number of thiazole rings is 1. The summed E-state index contributed by atoms with van der Waals surface area (Å²) in [6.45, 7) is 6.52. The van der Waals surface area contributed by atoms with Crippen LogP contribution in [-0.2, 0) is 5.41 Å². The Bertz CT molecular complexity index is 754. The Hall–Kier alpha value is -1.87. The molecule has 3 rings (SSSR count). The first-order chi connectivity index (χ1) is 9.46. The molecule has 0 aliphatic rings. The molecule has 0 aliphatic heterocycles. The van der Waals surface area contributed by atoms with Crippen molar-refractivity contribution in [2.45, 2.75) is 26.2 Å². The summed E-state index contributed by atoms with van der Waals surface area (Å²) in [5, 5.41) is 1.14. The van der Waals surface area contributed by atoms with Crippen molar-refractivity contribution in [1.82, 2.24) is 4.98 Å². The third kappa shape index (κ3) is 2.18. The van der Waals surface area contributed by atoms with Gasteiger partial charge in [-0.15, -0.1) is 11.3 Å². The molecule has 0 amide bonds. The van der Waals surface area contributed by atoms with Gasteiger partial charge in [0.25, 0.3) is 0 Å². The lowest BCUT2D eigenvalue weighted by atomic mass is 9.85. The van der Waals surface area contributed by atoms with E-state index in [0.717, 1.165) is 16.2 Å². The lowest BCUT2D eigenvalue weighted by Gasteiger charge is -2.22. The van der Waals surface area contributed by atoms with Crippen molar-refractivity contribution in [1.29, 1.82) is 0 Å². The molecule has 2 nitrogen and oxygen atoms in total. The highest BCUT2D eigenvalue weighted by atomic mass is 32.1. The van der Waals surface area contributed by atoms with Crippen LogP contribution in [-0.4, -0.2) is 4.98 Å². The topological polar surface area (TPSA) is 38.9 Å². The molecule has 0 saturated carbocycles. The number of nitrogens with zero attached hydrogens (tertiary/aromatic N) is 1. The molecule has 1 aromatic heterocycles. The third-order valence-corrected chi connectivity index (χ3v) is 5.07. The van der Waals surface area contributed by atoms with Crippen LogP contribution in [0.2, 0.25) is 0 Å². The molecule has 0 bridgehead atoms. The predicted octanol–water partition coefficient (Wildman–Crippen LogP) is 4.51. The van der Waals surface area contributed by atoms with E-state index in [9.17, 15) is 0 Å². The summed E-state index contributed by atoms with van der Waals surface area (Å²) in [5.41, 5.74) is 10.0. The number of aryl methyl sites for hydroxylation is 1. The second kappa shape index (κ2) is 4.60. The van der Waals surface area contributed by atoms with E-state index in [1.54, 1.807) is 11.3 Å². The molecular formula is C17H18N2S. The van der Waals surface area contributed by atoms with Crippen molar-refractivity contribution in [3.63, 3.8) is 0 Å². The van der Waals surface area contributed by atoms with Crippen LogP contribution in [0.25, 0.3) is 10.2 Å². The van der Waals surface area contributed by atoms with Crippen molar-refractivity contribution < 1.29 is 0 Å². The molecule has 20 heavy (non-hydrogen) atoms. The van der Waals surface area contributed by atoms with Crippen molar-refractivity contribution in [3.05, 3.63) is 58.6 Å². The quantitative estimate of drug-likeness (QED) is 0.702. The molecule has 0 aliphatic carbocycles. The molecule has 0 atom stereocenters. The Morgan fingerprint density at radius 2 is 1.75 bits per heavy atom. The average Bonchev–Trinajstić information content (AvgIpc) is 2.83. The Kier molecular flexibility index (Phi) is 3.02. The van der Waals surface area contributed by atoms with Gasteiger partial charge in [0.05, 0.1) is 10.2 Å². The fourth-order valence-corrected chi connectivity index (χ4v) is 3.40. The van der Waals surface area contributed by atoms with Crippen molar-refractivity contribution >= 4 is 27.2 Å². The molecule has 1 heterocycles. The van der Waals surface area contributed by atoms with E-state index in [1.165, 1.54) is 15.8 Å². The number of hydrogen-bond donors (Lipinski definition) is 1. The minimum Gasteiger partial charge on any atom is -0.399 e. The van der Waals surface area contributed by atoms with E-state index in [-0.39, 0.29) is 5.41 Å². The zero-order valence-electron chi connectivity index (χ0n) is 12.0. The van der Waals surface area contributed by atoms with Crippen molar-refractivity contribution in [2.75, 3.05) is 5.73 Å². The molecule has 0 unspecified atom stereocenters. The molecule has 3 aromatic rings. The molecule has 2 aromatic carbocycles. The van der Waals surface area contributed by atoms with Crippen LogP contribution < -0.4 is 5.73 Å². The second-order valence-electron chi connectivity index (χ2n) is 5.74. The summed E-state index contributed by atoms with van der Waals surface area (Å²) in [5.74, 6) is 0. The van der Waals surface area contributed by atoms with Crippen LogP contribution in [0.5, 0.6) is 0 Å². The number of nitrogen functional groups attached to an aromatic ring is 1. The molecule has 3 heteroatoms. The number of aromatic nitrogens is 1. The first-order valence-corrected chi connectivity index (χ1v) is 7.52. The predicted molar refractivity (Wildman–Crippen MR) is 87.3 cm³/mol. The van der Waals surface area contributed by atoms with E-state index < -0.39 is 0 Å². The first-order valence-electron chi connectivity index (χ1n) is 6.70. The van der Waals surface area contributed by atoms with Gasteiger partial charge in [-0.25, -0.2) is 4.98 Å². The zero-order chi connectivity index (χ0) is 14.3. The molecule has 0 radical (unpaired) electrons. The van der Waals surface area contributed by atoms with Gasteiger partial charge >= 0.3 is 0 Å². The fourth-order valence-electron chi connectivity index (χ4n) is 2.33. The minimum atomic E-state index is -0.106. The Morgan fingerprint density at radius 1 is 1.05 bits per heavy atom. The molecule has 0 saturated heterocycles. The highest BCUT2D eigenvalue weighted by Gasteiger charge is 2.26. The normalized spacial score (nSPS) is 11.9. The van der Waals surface area contributed by atoms with Gasteiger partial charge in [0.15, 0.2) is 0 Å². The molecular weight excluding hydrogens is 264 g/mol. The number of fused-ring (bicyclic) bond motifs is 1. The average molecular weight is 282 g/mol. The zero-order valence-corrected chi connectivity index (χ0v) is 12.8. The van der Waals surface area contributed by atoms with E-state index in [0.29, 0.717) is 0 Å². The second-order valence-corrected chi connectivity index (χ2v) is 6.77. The SMILES string of the molecule is Cc1ccc2sc(C(C)(C)c3ccc(N)cc3)nc2c1. The van der Waals surface area contributed by atoms with Gasteiger partial charge in [0.2, 0.25) is 0 Å². The van der Waals surface area contributed by atoms with Crippen molar-refractivity contribution in [2.24, 2.45) is 0 Å². The van der Waals surface area contributed by atoms with Crippen molar-refractivity contribution in [3.8, 4) is 0 Å². The van der Waals surface area contributed by atoms with Gasteiger partial charge in [0.1, 0.15) is 5.01 Å². The maximum absolute atomic E-state index is 5.77. The summed E-state index contributed by atoms with van der Waals surface area (Å²) in [6, 6.07) is 14.5. The number of rotatable bonds is 2. The van der Waals surface area contributed by atoms with Gasteiger partial charge in [-0.1, -0.05) is 18.2 Å². The summed E-state index contributed by atoms with van der Waals surface area (Å²) < 4.78 is 1.24. The highest BCUT2D eigenvalue weighted by molar-refractivity contribution is 7.18. The molecule has 102 valence electrons. The van der Waals surface area contributed by atoms with Crippen LogP contribution in [0.15, 0.2) is 42.5 Å². The van der Waals surface area contributed by atoms with Gasteiger partial charge in [-0.2, -0.15) is 0 Å². The van der Waals surface area contributed by atoms with Gasteiger partial charge in [-0.3, -0.25) is 0 Å². The lowest BCUT2D eigenvalue weighted by Crippen LogP contribution is -2.18. The van der Waals surface area contributed by atoms with Crippen LogP contribution in [0.4, 0.5) is 5.69 Å². The molecule has 2 N–H and O–H groups in total. The van der Waals surface area contributed by atoms with Gasteiger partial charge in [0, 0.05) is 11.1 Å². The first kappa shape index (κ1) is 13.1. The van der Waals surface area contributed by atoms with Crippen LogP contribution in [0, 0.1) is 6.92 Å². The fraction of sp³-hybridized carbons (Fsp3) is 0.235. The lowest BCUT2D eigenvalue weighted by molar-refractivity contribution is 0.637.